The first-order valence-corrected chi connectivity index (χ1v) is 8.94. The lowest BCUT2D eigenvalue weighted by Crippen LogP contribution is -2.10. The van der Waals surface area contributed by atoms with Gasteiger partial charge in [0.1, 0.15) is 12.4 Å². The van der Waals surface area contributed by atoms with Crippen LogP contribution in [-0.2, 0) is 18.0 Å². The number of para-hydroxylation sites is 2. The van der Waals surface area contributed by atoms with E-state index in [0.29, 0.717) is 23.0 Å². The molecule has 0 N–H and O–H groups in total. The topological polar surface area (TPSA) is 92.3 Å². The van der Waals surface area contributed by atoms with Gasteiger partial charge in [0, 0.05) is 6.92 Å². The number of nitrogens with zero attached hydrogens (tertiary/aromatic N) is 4. The summed E-state index contributed by atoms with van der Waals surface area (Å²) in [5, 5.41) is 3.72. The van der Waals surface area contributed by atoms with Crippen molar-refractivity contribution in [3.63, 3.8) is 0 Å². The van der Waals surface area contributed by atoms with Crippen molar-refractivity contribution in [1.29, 1.82) is 0 Å². The molecule has 30 heavy (non-hydrogen) atoms. The molecule has 2 heterocycles. The predicted octanol–water partition coefficient (Wildman–Crippen LogP) is 4.06. The van der Waals surface area contributed by atoms with Crippen LogP contribution >= 0.6 is 0 Å². The Balaban J connectivity index is 1.39. The van der Waals surface area contributed by atoms with Crippen molar-refractivity contribution in [2.45, 2.75) is 26.7 Å². The van der Waals surface area contributed by atoms with E-state index in [1.165, 1.54) is 18.2 Å². The Bertz CT molecular complexity index is 1170. The largest absolute Gasteiger partial charge is 0.485 e. The molecule has 4 rings (SSSR count). The molecule has 0 aliphatic rings. The Hall–Kier alpha value is -3.82. The Kier molecular flexibility index (Phi) is 5.38. The van der Waals surface area contributed by atoms with Crippen LogP contribution in [0.2, 0.25) is 0 Å². The first-order valence-electron chi connectivity index (χ1n) is 8.94. The van der Waals surface area contributed by atoms with Crippen LogP contribution in [0.15, 0.2) is 53.1 Å². The molecule has 0 atom stereocenters. The van der Waals surface area contributed by atoms with Gasteiger partial charge in [0.2, 0.25) is 11.7 Å². The number of imidazole rings is 1. The summed E-state index contributed by atoms with van der Waals surface area (Å²) in [7, 11) is 0. The molecule has 10 heteroatoms. The smallest absolute Gasteiger partial charge is 0.338 e. The molecule has 4 aromatic rings. The number of benzene rings is 2. The number of hydrogen-bond donors (Lipinski definition) is 0. The zero-order chi connectivity index (χ0) is 21.1. The van der Waals surface area contributed by atoms with Crippen molar-refractivity contribution in [1.82, 2.24) is 19.7 Å². The van der Waals surface area contributed by atoms with Crippen LogP contribution in [0.1, 0.15) is 34.4 Å². The molecule has 0 unspecified atom stereocenters. The summed E-state index contributed by atoms with van der Waals surface area (Å²) >= 11 is 0. The van der Waals surface area contributed by atoms with Gasteiger partial charge in [0.25, 0.3) is 0 Å². The summed E-state index contributed by atoms with van der Waals surface area (Å²) in [6.07, 6.45) is 0. The Morgan fingerprint density at radius 3 is 2.57 bits per heavy atom. The molecule has 2 aromatic heterocycles. The van der Waals surface area contributed by atoms with Crippen LogP contribution in [-0.4, -0.2) is 25.7 Å². The lowest BCUT2D eigenvalue weighted by atomic mass is 10.2. The average Bonchev–Trinajstić information content (AvgIpc) is 3.33. The number of halogens is 2. The van der Waals surface area contributed by atoms with Gasteiger partial charge in [-0.3, -0.25) is 4.57 Å². The standard InChI is InChI=1S/C20H16F2N4O4/c1-12-23-17(25-30-12)10-28-14-8-6-13(7-9-14)19(27)29-11-18-24-15-4-2-3-5-16(15)26(18)20(21)22/h2-9,20H,10-11H2,1H3. The van der Waals surface area contributed by atoms with Crippen LogP contribution in [0.25, 0.3) is 11.0 Å². The van der Waals surface area contributed by atoms with Crippen LogP contribution in [0.3, 0.4) is 0 Å². The molecule has 0 spiro atoms. The summed E-state index contributed by atoms with van der Waals surface area (Å²) in [5.41, 5.74) is 0.927. The molecule has 0 bridgehead atoms. The minimum Gasteiger partial charge on any atom is -0.485 e. The SMILES string of the molecule is Cc1nc(COc2ccc(C(=O)OCc3nc4ccccc4n3C(F)F)cc2)no1. The van der Waals surface area contributed by atoms with Crippen molar-refractivity contribution >= 4 is 17.0 Å². The fraction of sp³-hybridized carbons (Fsp3) is 0.200. The molecular weight excluding hydrogens is 398 g/mol. The molecule has 154 valence electrons. The third kappa shape index (κ3) is 4.12. The zero-order valence-electron chi connectivity index (χ0n) is 15.8. The lowest BCUT2D eigenvalue weighted by Gasteiger charge is -2.09. The van der Waals surface area contributed by atoms with Gasteiger partial charge in [-0.1, -0.05) is 17.3 Å². The van der Waals surface area contributed by atoms with Gasteiger partial charge in [0.15, 0.2) is 12.4 Å². The fourth-order valence-electron chi connectivity index (χ4n) is 2.86. The quantitative estimate of drug-likeness (QED) is 0.421. The van der Waals surface area contributed by atoms with Gasteiger partial charge in [-0.25, -0.2) is 9.78 Å². The second-order valence-corrected chi connectivity index (χ2v) is 6.28. The highest BCUT2D eigenvalue weighted by Crippen LogP contribution is 2.24. The van der Waals surface area contributed by atoms with Gasteiger partial charge in [-0.15, -0.1) is 0 Å². The number of alkyl halides is 2. The minimum absolute atomic E-state index is 0.0325. The first-order chi connectivity index (χ1) is 14.5. The molecule has 0 aliphatic carbocycles. The number of aryl methyl sites for hydroxylation is 1. The second-order valence-electron chi connectivity index (χ2n) is 6.28. The van der Waals surface area contributed by atoms with Crippen LogP contribution in [0.5, 0.6) is 5.75 Å². The highest BCUT2D eigenvalue weighted by atomic mass is 19.3. The molecule has 0 radical (unpaired) electrons. The van der Waals surface area contributed by atoms with Gasteiger partial charge in [-0.05, 0) is 36.4 Å². The number of hydrogen-bond acceptors (Lipinski definition) is 7. The van der Waals surface area contributed by atoms with E-state index in [4.69, 9.17) is 14.0 Å². The van der Waals surface area contributed by atoms with Crippen molar-refractivity contribution in [3.8, 4) is 5.75 Å². The normalized spacial score (nSPS) is 11.2. The molecular formula is C20H16F2N4O4. The Labute approximate surface area is 169 Å². The molecule has 0 saturated heterocycles. The van der Waals surface area contributed by atoms with Crippen molar-refractivity contribution in [3.05, 3.63) is 71.6 Å². The van der Waals surface area contributed by atoms with Gasteiger partial charge in [0.05, 0.1) is 16.6 Å². The van der Waals surface area contributed by atoms with E-state index in [0.717, 1.165) is 4.57 Å². The molecule has 0 saturated carbocycles. The predicted molar refractivity (Wildman–Crippen MR) is 99.9 cm³/mol. The van der Waals surface area contributed by atoms with Crippen LogP contribution < -0.4 is 4.74 Å². The van der Waals surface area contributed by atoms with Gasteiger partial charge >= 0.3 is 12.5 Å². The number of carbonyl (C=O) groups excluding carboxylic acids is 1. The van der Waals surface area contributed by atoms with E-state index in [9.17, 15) is 13.6 Å². The van der Waals surface area contributed by atoms with Crippen LogP contribution in [0.4, 0.5) is 8.78 Å². The molecule has 0 amide bonds. The maximum atomic E-state index is 13.4. The first kappa shape index (κ1) is 19.5. The zero-order valence-corrected chi connectivity index (χ0v) is 15.8. The number of aromatic nitrogens is 4. The average molecular weight is 414 g/mol. The number of fused-ring (bicyclic) bond motifs is 1. The highest BCUT2D eigenvalue weighted by molar-refractivity contribution is 5.89. The van der Waals surface area contributed by atoms with E-state index in [1.54, 1.807) is 37.3 Å². The number of carbonyl (C=O) groups is 1. The van der Waals surface area contributed by atoms with Gasteiger partial charge < -0.3 is 14.0 Å². The second kappa shape index (κ2) is 8.27. The minimum atomic E-state index is -2.80. The summed E-state index contributed by atoms with van der Waals surface area (Å²) in [4.78, 5) is 20.4. The summed E-state index contributed by atoms with van der Waals surface area (Å²) < 4.78 is 43.2. The van der Waals surface area contributed by atoms with E-state index < -0.39 is 12.5 Å². The van der Waals surface area contributed by atoms with Gasteiger partial charge in [-0.2, -0.15) is 13.8 Å². The van der Waals surface area contributed by atoms with Crippen molar-refractivity contribution in [2.75, 3.05) is 0 Å². The van der Waals surface area contributed by atoms with E-state index in [2.05, 4.69) is 15.1 Å². The molecule has 0 fully saturated rings. The number of esters is 1. The van der Waals surface area contributed by atoms with Crippen molar-refractivity contribution in [2.24, 2.45) is 0 Å². The third-order valence-electron chi connectivity index (χ3n) is 4.22. The Morgan fingerprint density at radius 1 is 1.10 bits per heavy atom. The molecule has 2 aromatic carbocycles. The lowest BCUT2D eigenvalue weighted by molar-refractivity contribution is 0.0387. The summed E-state index contributed by atoms with van der Waals surface area (Å²) in [5.74, 6) is 0.636. The van der Waals surface area contributed by atoms with Crippen LogP contribution in [0, 0.1) is 6.92 Å². The van der Waals surface area contributed by atoms with Crippen molar-refractivity contribution < 1.29 is 27.6 Å². The van der Waals surface area contributed by atoms with E-state index in [-0.39, 0.29) is 30.1 Å². The fourth-order valence-corrected chi connectivity index (χ4v) is 2.86. The maximum absolute atomic E-state index is 13.4. The summed E-state index contributed by atoms with van der Waals surface area (Å²) in [6, 6.07) is 12.7. The third-order valence-corrected chi connectivity index (χ3v) is 4.22. The van der Waals surface area contributed by atoms with E-state index in [1.807, 2.05) is 0 Å². The highest BCUT2D eigenvalue weighted by Gasteiger charge is 2.19. The molecule has 0 aliphatic heterocycles. The number of rotatable bonds is 7. The monoisotopic (exact) mass is 414 g/mol. The van der Waals surface area contributed by atoms with E-state index >= 15 is 0 Å². The number of ether oxygens (including phenoxy) is 2. The summed E-state index contributed by atoms with van der Waals surface area (Å²) in [6.45, 7) is -1.39. The maximum Gasteiger partial charge on any atom is 0.338 e. The Morgan fingerprint density at radius 2 is 1.87 bits per heavy atom. The molecule has 8 nitrogen and oxygen atoms in total.